The van der Waals surface area contributed by atoms with Gasteiger partial charge in [0.25, 0.3) is 0 Å². The molecule has 6 aromatic rings. The van der Waals surface area contributed by atoms with Gasteiger partial charge in [0, 0.05) is 17.1 Å². The van der Waals surface area contributed by atoms with Crippen molar-refractivity contribution >= 4 is 21.7 Å². The summed E-state index contributed by atoms with van der Waals surface area (Å²) < 4.78 is 10.3. The number of para-hydroxylation sites is 1. The number of hydrogen-bond acceptors (Lipinski definition) is 2. The minimum Gasteiger partial charge on any atom is -0.454 e. The van der Waals surface area contributed by atoms with E-state index < -0.39 is 0 Å². The third-order valence-corrected chi connectivity index (χ3v) is 6.17. The summed E-state index contributed by atoms with van der Waals surface area (Å²) in [6.07, 6.45) is 2.03. The molecule has 0 bridgehead atoms. The number of H-pyrrole nitrogens is 1. The van der Waals surface area contributed by atoms with E-state index in [9.17, 15) is 0 Å². The Morgan fingerprint density at radius 2 is 1.16 bits per heavy atom. The molecule has 0 saturated heterocycles. The van der Waals surface area contributed by atoms with Crippen molar-refractivity contribution in [2.45, 2.75) is 27.7 Å². The first kappa shape index (κ1) is 26.6. The number of nitrogens with one attached hydrogen (secondary N) is 1. The molecule has 3 nitrogen and oxygen atoms in total. The van der Waals surface area contributed by atoms with Gasteiger partial charge in [-0.2, -0.15) is 0 Å². The molecule has 5 aromatic carbocycles. The van der Waals surface area contributed by atoms with Gasteiger partial charge in [0.2, 0.25) is 6.79 Å². The van der Waals surface area contributed by atoms with Crippen molar-refractivity contribution in [3.05, 3.63) is 144 Å². The van der Waals surface area contributed by atoms with E-state index >= 15 is 0 Å². The van der Waals surface area contributed by atoms with E-state index in [4.69, 9.17) is 9.47 Å². The number of fused-ring (bicyclic) bond motifs is 3. The van der Waals surface area contributed by atoms with Crippen molar-refractivity contribution in [1.29, 1.82) is 0 Å². The van der Waals surface area contributed by atoms with Crippen LogP contribution in [0, 0.1) is 27.7 Å². The van der Waals surface area contributed by atoms with Crippen molar-refractivity contribution in [2.75, 3.05) is 6.79 Å². The third-order valence-electron chi connectivity index (χ3n) is 6.17. The fourth-order valence-corrected chi connectivity index (χ4v) is 4.06. The molecule has 1 aliphatic rings. The second-order valence-electron chi connectivity index (χ2n) is 9.38. The van der Waals surface area contributed by atoms with E-state index in [1.165, 1.54) is 43.9 Å². The van der Waals surface area contributed by atoms with Crippen LogP contribution in [0.15, 0.2) is 121 Å². The normalized spacial score (nSPS) is 10.9. The first-order valence-electron chi connectivity index (χ1n) is 12.9. The first-order valence-corrected chi connectivity index (χ1v) is 12.9. The third kappa shape index (κ3) is 7.50. The van der Waals surface area contributed by atoms with Crippen LogP contribution in [0.1, 0.15) is 22.3 Å². The molecular formula is C35H35NO2. The molecule has 0 spiro atoms. The summed E-state index contributed by atoms with van der Waals surface area (Å²) in [5, 5.41) is 3.97. The first-order chi connectivity index (χ1) is 18.5. The standard InChI is InChI=1S/C11H10.C9H9N.C8H8O2.C7H8/c1-9-6-7-10-4-2-3-5-11(10)8-9;1-7-6-10-9-5-3-2-4-8(7)9;1-6-2-3-7-8(4-6)10-5-9-7;1-7-5-3-2-4-6-7/h2-8H,1H3;2-6,10H,1H3;2-4H,5H2,1H3;2-6H,1H3. The number of aromatic nitrogens is 1. The molecule has 0 radical (unpaired) electrons. The van der Waals surface area contributed by atoms with Crippen molar-refractivity contribution in [1.82, 2.24) is 4.98 Å². The monoisotopic (exact) mass is 501 g/mol. The molecule has 0 atom stereocenters. The van der Waals surface area contributed by atoms with Gasteiger partial charge in [-0.15, -0.1) is 0 Å². The topological polar surface area (TPSA) is 34.2 Å². The van der Waals surface area contributed by atoms with E-state index in [0.717, 1.165) is 11.5 Å². The van der Waals surface area contributed by atoms with Crippen LogP contribution in [0.5, 0.6) is 11.5 Å². The van der Waals surface area contributed by atoms with Gasteiger partial charge in [0.15, 0.2) is 11.5 Å². The van der Waals surface area contributed by atoms with Crippen LogP contribution < -0.4 is 9.47 Å². The van der Waals surface area contributed by atoms with Gasteiger partial charge in [-0.25, -0.2) is 0 Å². The summed E-state index contributed by atoms with van der Waals surface area (Å²) in [5.74, 6) is 1.71. The van der Waals surface area contributed by atoms with Crippen molar-refractivity contribution in [3.8, 4) is 11.5 Å². The highest BCUT2D eigenvalue weighted by Gasteiger charge is 2.11. The maximum atomic E-state index is 5.16. The van der Waals surface area contributed by atoms with Crippen LogP contribution in [0.4, 0.5) is 0 Å². The van der Waals surface area contributed by atoms with Crippen LogP contribution in [0.2, 0.25) is 0 Å². The number of rotatable bonds is 0. The highest BCUT2D eigenvalue weighted by atomic mass is 16.7. The van der Waals surface area contributed by atoms with Crippen LogP contribution in [0.25, 0.3) is 21.7 Å². The van der Waals surface area contributed by atoms with Crippen LogP contribution in [-0.2, 0) is 0 Å². The zero-order valence-corrected chi connectivity index (χ0v) is 22.6. The molecule has 0 fully saturated rings. The molecule has 38 heavy (non-hydrogen) atoms. The van der Waals surface area contributed by atoms with E-state index in [-0.39, 0.29) is 0 Å². The van der Waals surface area contributed by atoms with E-state index in [1.54, 1.807) is 0 Å². The smallest absolute Gasteiger partial charge is 0.231 e. The Hall–Kier alpha value is -4.50. The lowest BCUT2D eigenvalue weighted by Crippen LogP contribution is -1.92. The number of hydrogen-bond donors (Lipinski definition) is 1. The van der Waals surface area contributed by atoms with Crippen molar-refractivity contribution in [3.63, 3.8) is 0 Å². The average molecular weight is 502 g/mol. The molecule has 1 aromatic heterocycles. The molecule has 0 amide bonds. The number of aryl methyl sites for hydroxylation is 4. The maximum absolute atomic E-state index is 5.16. The SMILES string of the molecule is Cc1c[nH]c2ccccc12.Cc1ccc2c(c1)OCO2.Cc1ccc2ccccc2c1.Cc1ccccc1. The zero-order valence-electron chi connectivity index (χ0n) is 22.6. The highest BCUT2D eigenvalue weighted by Crippen LogP contribution is 2.32. The lowest BCUT2D eigenvalue weighted by molar-refractivity contribution is 0.174. The Bertz CT molecular complexity index is 1580. The molecule has 3 heteroatoms. The van der Waals surface area contributed by atoms with Crippen LogP contribution in [0.3, 0.4) is 0 Å². The summed E-state index contributed by atoms with van der Waals surface area (Å²) in [6.45, 7) is 8.70. The molecule has 0 aliphatic carbocycles. The van der Waals surface area contributed by atoms with Crippen LogP contribution >= 0.6 is 0 Å². The Kier molecular flexibility index (Phi) is 9.20. The predicted octanol–water partition coefficient (Wildman–Crippen LogP) is 9.34. The molecule has 0 unspecified atom stereocenters. The summed E-state index contributed by atoms with van der Waals surface area (Å²) >= 11 is 0. The second kappa shape index (κ2) is 13.2. The Morgan fingerprint density at radius 3 is 1.89 bits per heavy atom. The van der Waals surface area contributed by atoms with E-state index in [0.29, 0.717) is 6.79 Å². The predicted molar refractivity (Wildman–Crippen MR) is 160 cm³/mol. The zero-order chi connectivity index (χ0) is 26.7. The molecular weight excluding hydrogens is 466 g/mol. The van der Waals surface area contributed by atoms with Gasteiger partial charge in [-0.05, 0) is 67.8 Å². The van der Waals surface area contributed by atoms with E-state index in [2.05, 4.69) is 98.6 Å². The number of aromatic amines is 1. The van der Waals surface area contributed by atoms with Gasteiger partial charge < -0.3 is 14.5 Å². The minimum atomic E-state index is 0.360. The molecule has 0 saturated carbocycles. The highest BCUT2D eigenvalue weighted by molar-refractivity contribution is 5.83. The van der Waals surface area contributed by atoms with Gasteiger partial charge in [-0.3, -0.25) is 0 Å². The maximum Gasteiger partial charge on any atom is 0.231 e. The summed E-state index contributed by atoms with van der Waals surface area (Å²) in [5.41, 5.74) is 6.38. The Balaban J connectivity index is 0.000000119. The van der Waals surface area contributed by atoms with Gasteiger partial charge in [0.05, 0.1) is 0 Å². The Morgan fingerprint density at radius 1 is 0.526 bits per heavy atom. The van der Waals surface area contributed by atoms with Crippen molar-refractivity contribution < 1.29 is 9.47 Å². The van der Waals surface area contributed by atoms with E-state index in [1.807, 2.05) is 55.6 Å². The molecule has 1 N–H and O–H groups in total. The number of ether oxygens (including phenoxy) is 2. The van der Waals surface area contributed by atoms with Gasteiger partial charge in [-0.1, -0.05) is 108 Å². The molecule has 1 aliphatic heterocycles. The number of benzene rings is 5. The lowest BCUT2D eigenvalue weighted by atomic mass is 10.1. The quantitative estimate of drug-likeness (QED) is 0.225. The second-order valence-corrected chi connectivity index (χ2v) is 9.38. The van der Waals surface area contributed by atoms with Gasteiger partial charge in [0.1, 0.15) is 0 Å². The largest absolute Gasteiger partial charge is 0.454 e. The minimum absolute atomic E-state index is 0.360. The fourth-order valence-electron chi connectivity index (χ4n) is 4.06. The molecule has 2 heterocycles. The molecule has 7 rings (SSSR count). The average Bonchev–Trinajstić information content (AvgIpc) is 3.56. The summed E-state index contributed by atoms with van der Waals surface area (Å²) in [6, 6.07) is 39.4. The van der Waals surface area contributed by atoms with Gasteiger partial charge >= 0.3 is 0 Å². The lowest BCUT2D eigenvalue weighted by Gasteiger charge is -1.96. The van der Waals surface area contributed by atoms with Crippen LogP contribution in [-0.4, -0.2) is 11.8 Å². The summed E-state index contributed by atoms with van der Waals surface area (Å²) in [4.78, 5) is 3.19. The summed E-state index contributed by atoms with van der Waals surface area (Å²) in [7, 11) is 0. The van der Waals surface area contributed by atoms with Crippen molar-refractivity contribution in [2.24, 2.45) is 0 Å². The molecule has 192 valence electrons. The Labute approximate surface area is 225 Å². The fraction of sp³-hybridized carbons (Fsp3) is 0.143.